The molecule has 1 saturated carbocycles. The number of nitriles is 1. The van der Waals surface area contributed by atoms with E-state index in [1.807, 2.05) is 0 Å². The van der Waals surface area contributed by atoms with Gasteiger partial charge in [0.15, 0.2) is 0 Å². The fourth-order valence-electron chi connectivity index (χ4n) is 3.24. The number of hydrogen-bond acceptors (Lipinski definition) is 3. The average molecular weight is 265 g/mol. The minimum atomic E-state index is -0.279. The third-order valence-electron chi connectivity index (χ3n) is 4.63. The Kier molecular flexibility index (Phi) is 6.82. The van der Waals surface area contributed by atoms with Gasteiger partial charge in [0.05, 0.1) is 6.07 Å². The van der Waals surface area contributed by atoms with Gasteiger partial charge in [0.1, 0.15) is 5.54 Å². The molecule has 3 unspecified atom stereocenters. The molecule has 0 aromatic carbocycles. The lowest BCUT2D eigenvalue weighted by atomic mass is 9.79. The first-order valence-corrected chi connectivity index (χ1v) is 7.96. The fourth-order valence-corrected chi connectivity index (χ4v) is 3.24. The van der Waals surface area contributed by atoms with Crippen LogP contribution in [0.5, 0.6) is 0 Å². The summed E-state index contributed by atoms with van der Waals surface area (Å²) in [7, 11) is 2.23. The number of rotatable bonds is 7. The highest BCUT2D eigenvalue weighted by molar-refractivity contribution is 5.11. The second kappa shape index (κ2) is 7.87. The first-order chi connectivity index (χ1) is 9.08. The zero-order valence-electron chi connectivity index (χ0n) is 13.2. The molecule has 110 valence electrons. The molecule has 0 aliphatic heterocycles. The van der Waals surface area contributed by atoms with E-state index in [0.29, 0.717) is 12.1 Å². The predicted molar refractivity (Wildman–Crippen MR) is 81.0 cm³/mol. The van der Waals surface area contributed by atoms with Crippen LogP contribution in [0.25, 0.3) is 0 Å². The monoisotopic (exact) mass is 265 g/mol. The Balaban J connectivity index is 2.64. The maximum Gasteiger partial charge on any atom is 0.108 e. The van der Waals surface area contributed by atoms with Crippen molar-refractivity contribution in [1.82, 2.24) is 10.2 Å². The van der Waals surface area contributed by atoms with Gasteiger partial charge in [0, 0.05) is 12.1 Å². The normalized spacial score (nSPS) is 29.2. The van der Waals surface area contributed by atoms with Crippen molar-refractivity contribution in [3.63, 3.8) is 0 Å². The highest BCUT2D eigenvalue weighted by Crippen LogP contribution is 2.31. The van der Waals surface area contributed by atoms with Crippen molar-refractivity contribution in [2.24, 2.45) is 0 Å². The van der Waals surface area contributed by atoms with Gasteiger partial charge in [0.25, 0.3) is 0 Å². The summed E-state index contributed by atoms with van der Waals surface area (Å²) in [6.45, 7) is 7.67. The molecule has 1 fully saturated rings. The van der Waals surface area contributed by atoms with Crippen molar-refractivity contribution < 1.29 is 0 Å². The second-order valence-corrected chi connectivity index (χ2v) is 6.17. The first kappa shape index (κ1) is 16.5. The van der Waals surface area contributed by atoms with Crippen LogP contribution >= 0.6 is 0 Å². The lowest BCUT2D eigenvalue weighted by molar-refractivity contribution is 0.108. The van der Waals surface area contributed by atoms with Gasteiger partial charge in [-0.2, -0.15) is 5.26 Å². The zero-order valence-corrected chi connectivity index (χ0v) is 13.2. The van der Waals surface area contributed by atoms with E-state index in [0.717, 1.165) is 32.2 Å². The fraction of sp³-hybridized carbons (Fsp3) is 0.938. The molecule has 0 aromatic rings. The summed E-state index contributed by atoms with van der Waals surface area (Å²) in [4.78, 5) is 2.50. The Hall–Kier alpha value is -0.590. The van der Waals surface area contributed by atoms with E-state index < -0.39 is 0 Å². The van der Waals surface area contributed by atoms with Gasteiger partial charge in [-0.3, -0.25) is 5.32 Å². The van der Waals surface area contributed by atoms with Crippen molar-refractivity contribution >= 4 is 0 Å². The molecule has 1 N–H and O–H groups in total. The largest absolute Gasteiger partial charge is 0.301 e. The molecular formula is C16H31N3. The van der Waals surface area contributed by atoms with Crippen LogP contribution in [0.4, 0.5) is 0 Å². The summed E-state index contributed by atoms with van der Waals surface area (Å²) in [5.41, 5.74) is -0.279. The summed E-state index contributed by atoms with van der Waals surface area (Å²) in [6.07, 6.45) is 7.96. The molecule has 1 aliphatic carbocycles. The van der Waals surface area contributed by atoms with Crippen LogP contribution in [0.15, 0.2) is 0 Å². The van der Waals surface area contributed by atoms with Gasteiger partial charge >= 0.3 is 0 Å². The summed E-state index contributed by atoms with van der Waals surface area (Å²) in [5, 5.41) is 13.1. The van der Waals surface area contributed by atoms with Gasteiger partial charge in [-0.05, 0) is 59.0 Å². The van der Waals surface area contributed by atoms with Crippen molar-refractivity contribution in [3.05, 3.63) is 0 Å². The van der Waals surface area contributed by atoms with E-state index in [2.05, 4.69) is 44.1 Å². The molecule has 3 nitrogen and oxygen atoms in total. The van der Waals surface area contributed by atoms with Crippen molar-refractivity contribution in [1.29, 1.82) is 5.26 Å². The topological polar surface area (TPSA) is 39.1 Å². The Morgan fingerprint density at radius 3 is 2.74 bits per heavy atom. The smallest absolute Gasteiger partial charge is 0.108 e. The lowest BCUT2D eigenvalue weighted by Crippen LogP contribution is -2.53. The van der Waals surface area contributed by atoms with Gasteiger partial charge < -0.3 is 4.90 Å². The van der Waals surface area contributed by atoms with Crippen LogP contribution in [0.1, 0.15) is 65.7 Å². The Labute approximate surface area is 119 Å². The van der Waals surface area contributed by atoms with E-state index in [1.54, 1.807) is 0 Å². The maximum atomic E-state index is 9.58. The Morgan fingerprint density at radius 2 is 2.16 bits per heavy atom. The van der Waals surface area contributed by atoms with Crippen LogP contribution in [-0.4, -0.2) is 36.1 Å². The number of nitrogens with zero attached hydrogens (tertiary/aromatic N) is 2. The minimum Gasteiger partial charge on any atom is -0.301 e. The van der Waals surface area contributed by atoms with Crippen LogP contribution in [0.3, 0.4) is 0 Å². The molecule has 0 radical (unpaired) electrons. The van der Waals surface area contributed by atoms with E-state index >= 15 is 0 Å². The molecule has 3 atom stereocenters. The molecule has 0 saturated heterocycles. The average Bonchev–Trinajstić information content (AvgIpc) is 2.44. The van der Waals surface area contributed by atoms with E-state index in [-0.39, 0.29) is 5.54 Å². The molecule has 0 heterocycles. The van der Waals surface area contributed by atoms with E-state index in [9.17, 15) is 5.26 Å². The molecule has 0 aromatic heterocycles. The molecule has 0 amide bonds. The van der Waals surface area contributed by atoms with Crippen LogP contribution in [0.2, 0.25) is 0 Å². The molecule has 0 spiro atoms. The Morgan fingerprint density at radius 1 is 1.42 bits per heavy atom. The SMILES string of the molecule is CCCNC1(C#N)CCCC(N(C)C(C)CCC)C1. The standard InChI is InChI=1S/C16H31N3/c1-5-8-14(3)19(4)15-9-7-10-16(12-15,13-17)18-11-6-2/h14-15,18H,5-12H2,1-4H3. The predicted octanol–water partition coefficient (Wildman–Crippen LogP) is 3.31. The highest BCUT2D eigenvalue weighted by atomic mass is 15.2. The van der Waals surface area contributed by atoms with Crippen molar-refractivity contribution in [2.45, 2.75) is 83.3 Å². The molecule has 1 rings (SSSR count). The van der Waals surface area contributed by atoms with Crippen LogP contribution in [0, 0.1) is 11.3 Å². The maximum absolute atomic E-state index is 9.58. The third-order valence-corrected chi connectivity index (χ3v) is 4.63. The first-order valence-electron chi connectivity index (χ1n) is 7.96. The van der Waals surface area contributed by atoms with Gasteiger partial charge in [-0.15, -0.1) is 0 Å². The summed E-state index contributed by atoms with van der Waals surface area (Å²) >= 11 is 0. The molecule has 0 bridgehead atoms. The van der Waals surface area contributed by atoms with Gasteiger partial charge in [-0.25, -0.2) is 0 Å². The zero-order chi connectivity index (χ0) is 14.3. The molecule has 3 heteroatoms. The van der Waals surface area contributed by atoms with Crippen LogP contribution in [-0.2, 0) is 0 Å². The van der Waals surface area contributed by atoms with E-state index in [1.165, 1.54) is 19.3 Å². The van der Waals surface area contributed by atoms with Gasteiger partial charge in [-0.1, -0.05) is 20.3 Å². The minimum absolute atomic E-state index is 0.279. The second-order valence-electron chi connectivity index (χ2n) is 6.17. The number of hydrogen-bond donors (Lipinski definition) is 1. The van der Waals surface area contributed by atoms with E-state index in [4.69, 9.17) is 0 Å². The third kappa shape index (κ3) is 4.47. The van der Waals surface area contributed by atoms with Gasteiger partial charge in [0.2, 0.25) is 0 Å². The highest BCUT2D eigenvalue weighted by Gasteiger charge is 2.38. The lowest BCUT2D eigenvalue weighted by Gasteiger charge is -2.42. The number of nitrogens with one attached hydrogen (secondary N) is 1. The van der Waals surface area contributed by atoms with Crippen molar-refractivity contribution in [2.75, 3.05) is 13.6 Å². The molecule has 1 aliphatic rings. The van der Waals surface area contributed by atoms with Crippen molar-refractivity contribution in [3.8, 4) is 6.07 Å². The summed E-state index contributed by atoms with van der Waals surface area (Å²) < 4.78 is 0. The molecular weight excluding hydrogens is 234 g/mol. The quantitative estimate of drug-likeness (QED) is 0.767. The van der Waals surface area contributed by atoms with Crippen LogP contribution < -0.4 is 5.32 Å². The summed E-state index contributed by atoms with van der Waals surface area (Å²) in [6, 6.07) is 3.75. The molecule has 19 heavy (non-hydrogen) atoms. The Bertz CT molecular complexity index is 297. The summed E-state index contributed by atoms with van der Waals surface area (Å²) in [5.74, 6) is 0.